The van der Waals surface area contributed by atoms with Gasteiger partial charge in [0.05, 0.1) is 11.1 Å². The van der Waals surface area contributed by atoms with E-state index in [4.69, 9.17) is 0 Å². The molecule has 0 heterocycles. The zero-order chi connectivity index (χ0) is 17.2. The van der Waals surface area contributed by atoms with Crippen molar-refractivity contribution in [3.05, 3.63) is 70.8 Å². The molecular formula is C16H9F5O2. The molecule has 7 heteroatoms. The van der Waals surface area contributed by atoms with Gasteiger partial charge in [0.15, 0.2) is 17.3 Å². The van der Waals surface area contributed by atoms with Crippen molar-refractivity contribution in [3.63, 3.8) is 0 Å². The van der Waals surface area contributed by atoms with Crippen molar-refractivity contribution < 1.29 is 31.9 Å². The molecule has 2 rings (SSSR count). The minimum absolute atomic E-state index is 0.0736. The molecule has 0 aliphatic rings. The first-order valence-electron chi connectivity index (χ1n) is 6.26. The van der Waals surface area contributed by atoms with Gasteiger partial charge in [0.1, 0.15) is 5.82 Å². The molecule has 120 valence electrons. The number of hydrogen-bond donors (Lipinski definition) is 1. The predicted molar refractivity (Wildman–Crippen MR) is 72.8 cm³/mol. The Kier molecular flexibility index (Phi) is 4.49. The molecule has 0 saturated carbocycles. The van der Waals surface area contributed by atoms with Gasteiger partial charge in [-0.25, -0.2) is 8.78 Å². The molecule has 0 radical (unpaired) electrons. The van der Waals surface area contributed by atoms with Crippen molar-refractivity contribution >= 4 is 11.9 Å². The molecule has 0 amide bonds. The molecule has 2 aromatic carbocycles. The fourth-order valence-electron chi connectivity index (χ4n) is 1.83. The Balaban J connectivity index is 2.29. The van der Waals surface area contributed by atoms with Crippen LogP contribution in [-0.4, -0.2) is 10.9 Å². The Morgan fingerprint density at radius 1 is 1.09 bits per heavy atom. The van der Waals surface area contributed by atoms with Crippen molar-refractivity contribution in [2.75, 3.05) is 0 Å². The molecule has 0 unspecified atom stereocenters. The minimum atomic E-state index is -4.53. The number of hydrogen-bond acceptors (Lipinski definition) is 2. The topological polar surface area (TPSA) is 37.3 Å². The summed E-state index contributed by atoms with van der Waals surface area (Å²) in [6, 6.07) is 5.21. The van der Waals surface area contributed by atoms with Crippen molar-refractivity contribution in [1.29, 1.82) is 0 Å². The minimum Gasteiger partial charge on any atom is -0.504 e. The summed E-state index contributed by atoms with van der Waals surface area (Å²) in [4.78, 5) is 11.8. The first-order valence-corrected chi connectivity index (χ1v) is 6.26. The molecule has 0 spiro atoms. The third-order valence-electron chi connectivity index (χ3n) is 2.93. The molecule has 0 aliphatic carbocycles. The summed E-state index contributed by atoms with van der Waals surface area (Å²) in [6.07, 6.45) is -2.65. The molecule has 2 aromatic rings. The summed E-state index contributed by atoms with van der Waals surface area (Å²) < 4.78 is 63.9. The van der Waals surface area contributed by atoms with E-state index >= 15 is 0 Å². The van der Waals surface area contributed by atoms with Gasteiger partial charge in [0.2, 0.25) is 0 Å². The largest absolute Gasteiger partial charge is 0.504 e. The lowest BCUT2D eigenvalue weighted by molar-refractivity contribution is -0.137. The van der Waals surface area contributed by atoms with Gasteiger partial charge in [-0.2, -0.15) is 13.2 Å². The van der Waals surface area contributed by atoms with Crippen molar-refractivity contribution in [2.24, 2.45) is 0 Å². The molecule has 2 nitrogen and oxygen atoms in total. The van der Waals surface area contributed by atoms with Crippen LogP contribution in [0.25, 0.3) is 6.08 Å². The van der Waals surface area contributed by atoms with Crippen LogP contribution < -0.4 is 0 Å². The zero-order valence-electron chi connectivity index (χ0n) is 11.4. The van der Waals surface area contributed by atoms with Crippen LogP contribution in [0.3, 0.4) is 0 Å². The van der Waals surface area contributed by atoms with Crippen LogP contribution in [0.1, 0.15) is 21.5 Å². The molecule has 0 atom stereocenters. The van der Waals surface area contributed by atoms with E-state index in [1.165, 1.54) is 6.07 Å². The van der Waals surface area contributed by atoms with Gasteiger partial charge in [-0.1, -0.05) is 18.2 Å². The molecule has 0 aliphatic heterocycles. The lowest BCUT2D eigenvalue weighted by atomic mass is 10.1. The molecule has 23 heavy (non-hydrogen) atoms. The first-order chi connectivity index (χ1) is 10.7. The van der Waals surface area contributed by atoms with Gasteiger partial charge >= 0.3 is 6.18 Å². The van der Waals surface area contributed by atoms with Crippen molar-refractivity contribution in [3.8, 4) is 5.75 Å². The van der Waals surface area contributed by atoms with E-state index in [1.807, 2.05) is 0 Å². The second-order valence-corrected chi connectivity index (χ2v) is 4.60. The fourth-order valence-corrected chi connectivity index (χ4v) is 1.83. The highest BCUT2D eigenvalue weighted by atomic mass is 19.4. The van der Waals surface area contributed by atoms with E-state index in [9.17, 15) is 31.9 Å². The normalized spacial score (nSPS) is 11.9. The summed E-state index contributed by atoms with van der Waals surface area (Å²) in [6.45, 7) is 0. The Hall–Kier alpha value is -2.70. The Bertz CT molecular complexity index is 779. The zero-order valence-corrected chi connectivity index (χ0v) is 11.4. The van der Waals surface area contributed by atoms with Crippen LogP contribution in [0, 0.1) is 11.6 Å². The van der Waals surface area contributed by atoms with Crippen LogP contribution in [-0.2, 0) is 6.18 Å². The van der Waals surface area contributed by atoms with E-state index in [-0.39, 0.29) is 5.56 Å². The second-order valence-electron chi connectivity index (χ2n) is 4.60. The summed E-state index contributed by atoms with van der Waals surface area (Å²) in [7, 11) is 0. The molecule has 0 fully saturated rings. The van der Waals surface area contributed by atoms with Crippen LogP contribution >= 0.6 is 0 Å². The number of aromatic hydroxyl groups is 1. The Morgan fingerprint density at radius 3 is 2.43 bits per heavy atom. The third-order valence-corrected chi connectivity index (χ3v) is 2.93. The van der Waals surface area contributed by atoms with E-state index in [0.717, 1.165) is 30.4 Å². The highest BCUT2D eigenvalue weighted by molar-refractivity contribution is 6.08. The second kappa shape index (κ2) is 6.20. The summed E-state index contributed by atoms with van der Waals surface area (Å²) in [5.41, 5.74) is -1.44. The summed E-state index contributed by atoms with van der Waals surface area (Å²) >= 11 is 0. The van der Waals surface area contributed by atoms with E-state index in [1.54, 1.807) is 0 Å². The predicted octanol–water partition coefficient (Wildman–Crippen LogP) is 4.59. The van der Waals surface area contributed by atoms with Crippen molar-refractivity contribution in [1.82, 2.24) is 0 Å². The van der Waals surface area contributed by atoms with Gasteiger partial charge in [0, 0.05) is 6.07 Å². The van der Waals surface area contributed by atoms with E-state index in [2.05, 4.69) is 0 Å². The number of carbonyl (C=O) groups excluding carboxylic acids is 1. The fraction of sp³-hybridized carbons (Fsp3) is 0.0625. The number of rotatable bonds is 3. The number of phenols is 1. The number of carbonyl (C=O) groups is 1. The number of ketones is 1. The quantitative estimate of drug-likeness (QED) is 0.508. The maximum atomic E-state index is 13.2. The van der Waals surface area contributed by atoms with E-state index in [0.29, 0.717) is 12.1 Å². The monoisotopic (exact) mass is 328 g/mol. The summed E-state index contributed by atoms with van der Waals surface area (Å²) in [5.74, 6) is -4.33. The molecule has 0 bridgehead atoms. The average Bonchev–Trinajstić information content (AvgIpc) is 2.48. The summed E-state index contributed by atoms with van der Waals surface area (Å²) in [5, 5.41) is 9.40. The average molecular weight is 328 g/mol. The third kappa shape index (κ3) is 3.94. The Labute approximate surface area is 127 Å². The van der Waals surface area contributed by atoms with Crippen LogP contribution in [0.15, 0.2) is 42.5 Å². The lowest BCUT2D eigenvalue weighted by Gasteiger charge is -2.06. The van der Waals surface area contributed by atoms with Crippen LogP contribution in [0.5, 0.6) is 5.75 Å². The SMILES string of the molecule is O=C(C=Cc1cccc(C(F)(F)F)c1)c1cc(F)cc(F)c1O. The van der Waals surface area contributed by atoms with Gasteiger partial charge in [-0.3, -0.25) is 4.79 Å². The van der Waals surface area contributed by atoms with Crippen molar-refractivity contribution in [2.45, 2.75) is 6.18 Å². The first kappa shape index (κ1) is 16.7. The van der Waals surface area contributed by atoms with Crippen LogP contribution in [0.2, 0.25) is 0 Å². The van der Waals surface area contributed by atoms with Gasteiger partial charge in [-0.15, -0.1) is 0 Å². The number of alkyl halides is 3. The van der Waals surface area contributed by atoms with Gasteiger partial charge in [-0.05, 0) is 29.8 Å². The van der Waals surface area contributed by atoms with E-state index < -0.39 is 40.5 Å². The maximum absolute atomic E-state index is 13.2. The number of allylic oxidation sites excluding steroid dienone is 1. The molecule has 1 N–H and O–H groups in total. The molecule has 0 saturated heterocycles. The molecular weight excluding hydrogens is 319 g/mol. The number of phenolic OH excluding ortho intramolecular Hbond substituents is 1. The number of halogens is 5. The Morgan fingerprint density at radius 2 is 1.78 bits per heavy atom. The number of benzene rings is 2. The van der Waals surface area contributed by atoms with Gasteiger partial charge in [0.25, 0.3) is 0 Å². The smallest absolute Gasteiger partial charge is 0.416 e. The van der Waals surface area contributed by atoms with Gasteiger partial charge < -0.3 is 5.11 Å². The van der Waals surface area contributed by atoms with Crippen LogP contribution in [0.4, 0.5) is 22.0 Å². The molecule has 0 aromatic heterocycles. The standard InChI is InChI=1S/C16H9F5O2/c17-11-7-12(15(23)13(18)8-11)14(22)5-4-9-2-1-3-10(6-9)16(19,20)21/h1-8,23H. The lowest BCUT2D eigenvalue weighted by Crippen LogP contribution is -2.04. The highest BCUT2D eigenvalue weighted by Gasteiger charge is 2.30. The maximum Gasteiger partial charge on any atom is 0.416 e. The highest BCUT2D eigenvalue weighted by Crippen LogP contribution is 2.30.